The van der Waals surface area contributed by atoms with Crippen molar-refractivity contribution in [3.8, 4) is 0 Å². The van der Waals surface area contributed by atoms with Gasteiger partial charge in [-0.25, -0.2) is 0 Å². The first-order chi connectivity index (χ1) is 8.41. The zero-order chi connectivity index (χ0) is 13.7. The van der Waals surface area contributed by atoms with Crippen LogP contribution in [0.3, 0.4) is 0 Å². The van der Waals surface area contributed by atoms with Gasteiger partial charge in [-0.3, -0.25) is 9.59 Å². The van der Waals surface area contributed by atoms with Gasteiger partial charge in [0.15, 0.2) is 5.82 Å². The Hall–Kier alpha value is -2.03. The molecule has 0 aliphatic rings. The maximum atomic E-state index is 11.5. The number of carbonyl (C=O) groups excluding carboxylic acids is 2. The Labute approximate surface area is 109 Å². The molecule has 0 aromatic carbocycles. The van der Waals surface area contributed by atoms with Crippen LogP contribution in [0.15, 0.2) is 6.33 Å². The van der Waals surface area contributed by atoms with Gasteiger partial charge >= 0.3 is 11.8 Å². The van der Waals surface area contributed by atoms with E-state index in [1.807, 2.05) is 0 Å². The number of thiocarbonyl (C=S) groups is 1. The van der Waals surface area contributed by atoms with Crippen molar-refractivity contribution in [2.24, 2.45) is 12.8 Å². The van der Waals surface area contributed by atoms with Gasteiger partial charge in [-0.1, -0.05) is 12.2 Å². The van der Waals surface area contributed by atoms with Crippen LogP contribution >= 0.6 is 12.2 Å². The molecule has 0 radical (unpaired) electrons. The molecule has 1 aromatic rings. The zero-order valence-corrected chi connectivity index (χ0v) is 10.8. The maximum absolute atomic E-state index is 11.5. The van der Waals surface area contributed by atoms with E-state index in [4.69, 9.17) is 5.73 Å². The summed E-state index contributed by atoms with van der Waals surface area (Å²) < 4.78 is 1.65. The lowest BCUT2D eigenvalue weighted by atomic mass is 10.3. The Balaban J connectivity index is 2.52. The number of nitrogens with two attached hydrogens (primary N) is 1. The smallest absolute Gasteiger partial charge is 0.309 e. The molecule has 98 valence electrons. The second-order valence-electron chi connectivity index (χ2n) is 3.64. The van der Waals surface area contributed by atoms with E-state index >= 15 is 0 Å². The summed E-state index contributed by atoms with van der Waals surface area (Å²) in [6.45, 7) is 1.68. The molecule has 0 aliphatic carbocycles. The molecule has 9 heteroatoms. The van der Waals surface area contributed by atoms with Crippen LogP contribution < -0.4 is 16.4 Å². The van der Waals surface area contributed by atoms with E-state index in [2.05, 4.69) is 33.0 Å². The number of aromatic nitrogens is 3. The lowest BCUT2D eigenvalue weighted by Gasteiger charge is -2.12. The Morgan fingerprint density at radius 3 is 2.72 bits per heavy atom. The van der Waals surface area contributed by atoms with Crippen LogP contribution in [-0.2, 0) is 16.6 Å². The SMILES string of the molecule is CC(NC(=O)C(=O)NCC(N)=S)c1nncn1C. The van der Waals surface area contributed by atoms with Crippen LogP contribution in [0.5, 0.6) is 0 Å². The second-order valence-corrected chi connectivity index (χ2v) is 4.17. The number of nitrogens with zero attached hydrogens (tertiary/aromatic N) is 3. The summed E-state index contributed by atoms with van der Waals surface area (Å²) in [6, 6.07) is -0.430. The minimum absolute atomic E-state index is 0.0140. The summed E-state index contributed by atoms with van der Waals surface area (Å²) in [7, 11) is 1.74. The summed E-state index contributed by atoms with van der Waals surface area (Å²) in [5.41, 5.74) is 5.20. The number of hydrogen-bond acceptors (Lipinski definition) is 5. The average Bonchev–Trinajstić information content (AvgIpc) is 2.72. The van der Waals surface area contributed by atoms with Crippen molar-refractivity contribution in [3.05, 3.63) is 12.2 Å². The molecular formula is C9H14N6O2S. The highest BCUT2D eigenvalue weighted by atomic mass is 32.1. The summed E-state index contributed by atoms with van der Waals surface area (Å²) >= 11 is 4.58. The number of amides is 2. The molecule has 18 heavy (non-hydrogen) atoms. The van der Waals surface area contributed by atoms with Crippen molar-refractivity contribution in [3.63, 3.8) is 0 Å². The quantitative estimate of drug-likeness (QED) is 0.448. The normalized spacial score (nSPS) is 11.7. The molecule has 0 spiro atoms. The molecule has 0 bridgehead atoms. The summed E-state index contributed by atoms with van der Waals surface area (Å²) in [5, 5.41) is 12.3. The third-order valence-corrected chi connectivity index (χ3v) is 2.26. The second kappa shape index (κ2) is 6.05. The minimum atomic E-state index is -0.795. The van der Waals surface area contributed by atoms with E-state index in [1.165, 1.54) is 6.33 Å². The highest BCUT2D eigenvalue weighted by Gasteiger charge is 2.19. The largest absolute Gasteiger partial charge is 0.392 e. The topological polar surface area (TPSA) is 115 Å². The van der Waals surface area contributed by atoms with Gasteiger partial charge in [0, 0.05) is 7.05 Å². The molecule has 1 heterocycles. The van der Waals surface area contributed by atoms with E-state index in [0.717, 1.165) is 0 Å². The van der Waals surface area contributed by atoms with Crippen LogP contribution in [0.2, 0.25) is 0 Å². The first kappa shape index (κ1) is 14.0. The van der Waals surface area contributed by atoms with Gasteiger partial charge < -0.3 is 20.9 Å². The summed E-state index contributed by atoms with van der Waals surface area (Å²) in [4.78, 5) is 23.0. The third-order valence-electron chi connectivity index (χ3n) is 2.11. The van der Waals surface area contributed by atoms with E-state index in [1.54, 1.807) is 18.5 Å². The standard InChI is InChI=1S/C9H14N6O2S/c1-5(7-14-12-4-15(7)2)13-9(17)8(16)11-3-6(10)18/h4-5H,3H2,1-2H3,(H2,10,18)(H,11,16)(H,13,17). The predicted octanol–water partition coefficient (Wildman–Crippen LogP) is -1.61. The van der Waals surface area contributed by atoms with Crippen molar-refractivity contribution in [2.45, 2.75) is 13.0 Å². The van der Waals surface area contributed by atoms with E-state index in [9.17, 15) is 9.59 Å². The fourth-order valence-electron chi connectivity index (χ4n) is 1.26. The molecule has 1 atom stereocenters. The van der Waals surface area contributed by atoms with Gasteiger partial charge in [0.05, 0.1) is 17.6 Å². The average molecular weight is 270 g/mol. The lowest BCUT2D eigenvalue weighted by molar-refractivity contribution is -0.139. The molecule has 2 amide bonds. The van der Waals surface area contributed by atoms with Gasteiger partial charge in [0.2, 0.25) is 0 Å². The number of aryl methyl sites for hydroxylation is 1. The lowest BCUT2D eigenvalue weighted by Crippen LogP contribution is -2.43. The Kier molecular flexibility index (Phi) is 4.72. The number of rotatable bonds is 4. The van der Waals surface area contributed by atoms with Crippen LogP contribution in [-0.4, -0.2) is 38.1 Å². The molecule has 1 aromatic heterocycles. The number of hydrogen-bond donors (Lipinski definition) is 3. The van der Waals surface area contributed by atoms with Crippen molar-refractivity contribution in [2.75, 3.05) is 6.54 Å². The molecule has 0 aliphatic heterocycles. The van der Waals surface area contributed by atoms with Crippen molar-refractivity contribution in [1.29, 1.82) is 0 Å². The van der Waals surface area contributed by atoms with Crippen molar-refractivity contribution < 1.29 is 9.59 Å². The Morgan fingerprint density at radius 2 is 2.22 bits per heavy atom. The van der Waals surface area contributed by atoms with Gasteiger partial charge in [-0.05, 0) is 6.92 Å². The molecule has 0 saturated carbocycles. The minimum Gasteiger partial charge on any atom is -0.392 e. The molecule has 0 fully saturated rings. The Bertz CT molecular complexity index is 471. The fraction of sp³-hybridized carbons (Fsp3) is 0.444. The van der Waals surface area contributed by atoms with Gasteiger partial charge in [0.1, 0.15) is 6.33 Å². The maximum Gasteiger partial charge on any atom is 0.309 e. The van der Waals surface area contributed by atoms with E-state index in [-0.39, 0.29) is 11.5 Å². The van der Waals surface area contributed by atoms with Gasteiger partial charge in [0.25, 0.3) is 0 Å². The van der Waals surface area contributed by atoms with Gasteiger partial charge in [-0.15, -0.1) is 10.2 Å². The molecular weight excluding hydrogens is 256 g/mol. The molecule has 4 N–H and O–H groups in total. The van der Waals surface area contributed by atoms with Crippen LogP contribution in [0.25, 0.3) is 0 Å². The molecule has 1 rings (SSSR count). The monoisotopic (exact) mass is 270 g/mol. The van der Waals surface area contributed by atoms with Crippen LogP contribution in [0.4, 0.5) is 0 Å². The highest BCUT2D eigenvalue weighted by molar-refractivity contribution is 7.80. The van der Waals surface area contributed by atoms with Crippen LogP contribution in [0.1, 0.15) is 18.8 Å². The number of nitrogens with one attached hydrogen (secondary N) is 2. The van der Waals surface area contributed by atoms with Crippen LogP contribution in [0, 0.1) is 0 Å². The van der Waals surface area contributed by atoms with E-state index in [0.29, 0.717) is 5.82 Å². The van der Waals surface area contributed by atoms with E-state index < -0.39 is 17.9 Å². The Morgan fingerprint density at radius 1 is 1.56 bits per heavy atom. The summed E-state index contributed by atoms with van der Waals surface area (Å²) in [6.07, 6.45) is 1.50. The van der Waals surface area contributed by atoms with Gasteiger partial charge in [-0.2, -0.15) is 0 Å². The molecule has 0 saturated heterocycles. The summed E-state index contributed by atoms with van der Waals surface area (Å²) in [5.74, 6) is -1.02. The first-order valence-electron chi connectivity index (χ1n) is 5.12. The number of carbonyl (C=O) groups is 2. The first-order valence-corrected chi connectivity index (χ1v) is 5.53. The molecule has 1 unspecified atom stereocenters. The molecule has 8 nitrogen and oxygen atoms in total. The van der Waals surface area contributed by atoms with Crippen molar-refractivity contribution >= 4 is 29.0 Å². The van der Waals surface area contributed by atoms with Crippen molar-refractivity contribution in [1.82, 2.24) is 25.4 Å². The predicted molar refractivity (Wildman–Crippen MR) is 67.4 cm³/mol. The third kappa shape index (κ3) is 3.77. The zero-order valence-electron chi connectivity index (χ0n) is 10.0. The fourth-order valence-corrected chi connectivity index (χ4v) is 1.33. The highest BCUT2D eigenvalue weighted by Crippen LogP contribution is 2.06.